The first-order valence-electron chi connectivity index (χ1n) is 7.12. The van der Waals surface area contributed by atoms with Gasteiger partial charge in [0.05, 0.1) is 7.11 Å². The molecule has 0 spiro atoms. The maximum Gasteiger partial charge on any atom is 0.131 e. The lowest BCUT2D eigenvalue weighted by molar-refractivity contribution is 0.343. The molecule has 1 aliphatic rings. The summed E-state index contributed by atoms with van der Waals surface area (Å²) in [5, 5.41) is 3.57. The molecule has 0 bridgehead atoms. The summed E-state index contributed by atoms with van der Waals surface area (Å²) in [7, 11) is 1.55. The molecular formula is C16H24FNO. The number of nitrogens with one attached hydrogen (secondary N) is 1. The van der Waals surface area contributed by atoms with Gasteiger partial charge in [-0.2, -0.15) is 0 Å². The molecule has 1 N–H and O–H groups in total. The van der Waals surface area contributed by atoms with Gasteiger partial charge in [-0.3, -0.25) is 0 Å². The Balaban J connectivity index is 2.05. The van der Waals surface area contributed by atoms with E-state index in [0.29, 0.717) is 23.3 Å². The first-order valence-corrected chi connectivity index (χ1v) is 7.12. The molecule has 1 aliphatic carbocycles. The summed E-state index contributed by atoms with van der Waals surface area (Å²) < 4.78 is 19.0. The smallest absolute Gasteiger partial charge is 0.131 e. The molecule has 1 aromatic carbocycles. The quantitative estimate of drug-likeness (QED) is 0.891. The first-order chi connectivity index (χ1) is 9.02. The predicted molar refractivity (Wildman–Crippen MR) is 75.9 cm³/mol. The zero-order chi connectivity index (χ0) is 14.0. The summed E-state index contributed by atoms with van der Waals surface area (Å²) >= 11 is 0. The Morgan fingerprint density at radius 1 is 1.32 bits per heavy atom. The molecule has 19 heavy (non-hydrogen) atoms. The number of ether oxygens (including phenoxy) is 1. The van der Waals surface area contributed by atoms with E-state index in [2.05, 4.69) is 19.2 Å². The zero-order valence-electron chi connectivity index (χ0n) is 12.2. The van der Waals surface area contributed by atoms with Gasteiger partial charge in [0.15, 0.2) is 0 Å². The van der Waals surface area contributed by atoms with Gasteiger partial charge < -0.3 is 10.1 Å². The summed E-state index contributed by atoms with van der Waals surface area (Å²) in [6, 6.07) is 5.61. The lowest BCUT2D eigenvalue weighted by Crippen LogP contribution is -2.34. The van der Waals surface area contributed by atoms with E-state index in [9.17, 15) is 4.39 Å². The minimum atomic E-state index is -0.196. The van der Waals surface area contributed by atoms with Crippen molar-refractivity contribution in [1.82, 2.24) is 5.32 Å². The van der Waals surface area contributed by atoms with Gasteiger partial charge in [0.2, 0.25) is 0 Å². The van der Waals surface area contributed by atoms with Crippen molar-refractivity contribution in [1.29, 1.82) is 0 Å². The van der Waals surface area contributed by atoms with Crippen LogP contribution in [0.2, 0.25) is 0 Å². The molecule has 0 heterocycles. The number of methoxy groups -OCH3 is 1. The molecule has 0 aromatic heterocycles. The van der Waals surface area contributed by atoms with Gasteiger partial charge in [0, 0.05) is 23.7 Å². The average molecular weight is 265 g/mol. The van der Waals surface area contributed by atoms with Crippen LogP contribution < -0.4 is 10.1 Å². The first kappa shape index (κ1) is 14.3. The lowest BCUT2D eigenvalue weighted by atomic mass is 9.96. The molecule has 0 saturated heterocycles. The molecule has 0 amide bonds. The van der Waals surface area contributed by atoms with Crippen LogP contribution in [0.15, 0.2) is 18.2 Å². The fourth-order valence-electron chi connectivity index (χ4n) is 3.00. The SMILES string of the molecule is COc1ccc(C(C)NC2CCC(C)C2C)c(F)c1. The van der Waals surface area contributed by atoms with Crippen molar-refractivity contribution in [2.75, 3.05) is 7.11 Å². The van der Waals surface area contributed by atoms with Crippen LogP contribution in [0.1, 0.15) is 45.2 Å². The topological polar surface area (TPSA) is 21.3 Å². The van der Waals surface area contributed by atoms with Crippen LogP contribution in [0.5, 0.6) is 5.75 Å². The summed E-state index contributed by atoms with van der Waals surface area (Å²) in [6.45, 7) is 6.61. The summed E-state index contributed by atoms with van der Waals surface area (Å²) in [4.78, 5) is 0. The average Bonchev–Trinajstić information content (AvgIpc) is 2.70. The van der Waals surface area contributed by atoms with Crippen LogP contribution in [0, 0.1) is 17.7 Å². The van der Waals surface area contributed by atoms with Gasteiger partial charge >= 0.3 is 0 Å². The molecule has 4 atom stereocenters. The van der Waals surface area contributed by atoms with Crippen molar-refractivity contribution in [2.45, 2.75) is 45.7 Å². The molecule has 106 valence electrons. The number of hydrogen-bond acceptors (Lipinski definition) is 2. The van der Waals surface area contributed by atoms with Gasteiger partial charge in [-0.25, -0.2) is 4.39 Å². The second-order valence-corrected chi connectivity index (χ2v) is 5.80. The Hall–Kier alpha value is -1.09. The molecule has 0 aliphatic heterocycles. The lowest BCUT2D eigenvalue weighted by Gasteiger charge is -2.25. The second-order valence-electron chi connectivity index (χ2n) is 5.80. The highest BCUT2D eigenvalue weighted by molar-refractivity contribution is 5.30. The Bertz CT molecular complexity index is 435. The molecule has 2 rings (SSSR count). The monoisotopic (exact) mass is 265 g/mol. The predicted octanol–water partition coefficient (Wildman–Crippen LogP) is 3.92. The summed E-state index contributed by atoms with van der Waals surface area (Å²) in [5.74, 6) is 1.78. The zero-order valence-corrected chi connectivity index (χ0v) is 12.2. The van der Waals surface area contributed by atoms with Gasteiger partial charge in [0.1, 0.15) is 11.6 Å². The molecule has 1 saturated carbocycles. The van der Waals surface area contributed by atoms with Crippen molar-refractivity contribution >= 4 is 0 Å². The van der Waals surface area contributed by atoms with Gasteiger partial charge in [0.25, 0.3) is 0 Å². The van der Waals surface area contributed by atoms with Crippen LogP contribution in [-0.2, 0) is 0 Å². The van der Waals surface area contributed by atoms with Gasteiger partial charge in [-0.1, -0.05) is 19.9 Å². The molecular weight excluding hydrogens is 241 g/mol. The highest BCUT2D eigenvalue weighted by Gasteiger charge is 2.30. The number of benzene rings is 1. The normalized spacial score (nSPS) is 28.4. The number of rotatable bonds is 4. The fourth-order valence-corrected chi connectivity index (χ4v) is 3.00. The Kier molecular flexibility index (Phi) is 4.46. The second kappa shape index (κ2) is 5.91. The minimum Gasteiger partial charge on any atom is -0.497 e. The molecule has 1 aromatic rings. The third kappa shape index (κ3) is 3.08. The van der Waals surface area contributed by atoms with Gasteiger partial charge in [-0.15, -0.1) is 0 Å². The maximum atomic E-state index is 14.0. The summed E-state index contributed by atoms with van der Waals surface area (Å²) in [6.07, 6.45) is 2.45. The van der Waals surface area contributed by atoms with Crippen LogP contribution in [0.3, 0.4) is 0 Å². The Morgan fingerprint density at radius 3 is 2.58 bits per heavy atom. The molecule has 2 nitrogen and oxygen atoms in total. The van der Waals surface area contributed by atoms with E-state index < -0.39 is 0 Å². The molecule has 3 heteroatoms. The fraction of sp³-hybridized carbons (Fsp3) is 0.625. The van der Waals surface area contributed by atoms with E-state index in [1.807, 2.05) is 19.1 Å². The van der Waals surface area contributed by atoms with Crippen LogP contribution >= 0.6 is 0 Å². The number of hydrogen-bond donors (Lipinski definition) is 1. The highest BCUT2D eigenvalue weighted by Crippen LogP contribution is 2.33. The van der Waals surface area contributed by atoms with E-state index in [1.165, 1.54) is 18.9 Å². The Morgan fingerprint density at radius 2 is 2.05 bits per heavy atom. The van der Waals surface area contributed by atoms with E-state index in [1.54, 1.807) is 7.11 Å². The van der Waals surface area contributed by atoms with Crippen LogP contribution in [0.4, 0.5) is 4.39 Å². The Labute approximate surface area is 115 Å². The van der Waals surface area contributed by atoms with E-state index in [4.69, 9.17) is 4.74 Å². The van der Waals surface area contributed by atoms with Crippen molar-refractivity contribution in [3.8, 4) is 5.75 Å². The van der Waals surface area contributed by atoms with E-state index >= 15 is 0 Å². The minimum absolute atomic E-state index is 0.0312. The van der Waals surface area contributed by atoms with E-state index in [-0.39, 0.29) is 11.9 Å². The van der Waals surface area contributed by atoms with Crippen LogP contribution in [0.25, 0.3) is 0 Å². The number of halogens is 1. The van der Waals surface area contributed by atoms with Crippen molar-refractivity contribution < 1.29 is 9.13 Å². The molecule has 0 radical (unpaired) electrons. The highest BCUT2D eigenvalue weighted by atomic mass is 19.1. The molecule has 1 fully saturated rings. The van der Waals surface area contributed by atoms with E-state index in [0.717, 1.165) is 5.92 Å². The van der Waals surface area contributed by atoms with Crippen molar-refractivity contribution in [3.63, 3.8) is 0 Å². The van der Waals surface area contributed by atoms with Crippen molar-refractivity contribution in [3.05, 3.63) is 29.6 Å². The standard InChI is InChI=1S/C16H24FNO/c1-10-5-8-16(11(10)2)18-12(3)14-7-6-13(19-4)9-15(14)17/h6-7,9-12,16,18H,5,8H2,1-4H3. The maximum absolute atomic E-state index is 14.0. The van der Waals surface area contributed by atoms with Crippen molar-refractivity contribution in [2.24, 2.45) is 11.8 Å². The largest absolute Gasteiger partial charge is 0.497 e. The summed E-state index contributed by atoms with van der Waals surface area (Å²) in [5.41, 5.74) is 0.715. The molecule has 4 unspecified atom stereocenters. The third-order valence-electron chi connectivity index (χ3n) is 4.60. The third-order valence-corrected chi connectivity index (χ3v) is 4.60. The van der Waals surface area contributed by atoms with Crippen LogP contribution in [-0.4, -0.2) is 13.2 Å². The van der Waals surface area contributed by atoms with Gasteiger partial charge in [-0.05, 0) is 37.7 Å².